The summed E-state index contributed by atoms with van der Waals surface area (Å²) in [5.41, 5.74) is 5.58. The van der Waals surface area contributed by atoms with Crippen LogP contribution in [0, 0.1) is 5.82 Å². The van der Waals surface area contributed by atoms with Crippen LogP contribution in [0.5, 0.6) is 0 Å². The minimum Gasteiger partial charge on any atom is -0.382 e. The Bertz CT molecular complexity index is 692. The van der Waals surface area contributed by atoms with E-state index in [2.05, 4.69) is 5.10 Å². The third kappa shape index (κ3) is 2.06. The first-order valence-electron chi connectivity index (χ1n) is 4.80. The van der Waals surface area contributed by atoms with Crippen molar-refractivity contribution >= 4 is 27.3 Å². The fourth-order valence-electron chi connectivity index (χ4n) is 1.50. The van der Waals surface area contributed by atoms with E-state index >= 15 is 0 Å². The number of nitrogens with zero attached hydrogens (tertiary/aromatic N) is 2. The first-order valence-corrected chi connectivity index (χ1v) is 7.07. The van der Waals surface area contributed by atoms with Crippen molar-refractivity contribution in [1.29, 1.82) is 0 Å². The highest BCUT2D eigenvalue weighted by Gasteiger charge is 2.20. The molecule has 0 aliphatic rings. The second-order valence-corrected chi connectivity index (χ2v) is 6.04. The molecule has 0 spiro atoms. The minimum absolute atomic E-state index is 0.0773. The van der Waals surface area contributed by atoms with Gasteiger partial charge in [0.2, 0.25) is 0 Å². The molecule has 1 heterocycles. The highest BCUT2D eigenvalue weighted by Crippen LogP contribution is 2.28. The van der Waals surface area contributed by atoms with Crippen LogP contribution in [0.15, 0.2) is 29.3 Å². The van der Waals surface area contributed by atoms with E-state index in [-0.39, 0.29) is 21.4 Å². The molecule has 0 fully saturated rings. The van der Waals surface area contributed by atoms with Gasteiger partial charge < -0.3 is 5.73 Å². The minimum atomic E-state index is -3.52. The fourth-order valence-corrected chi connectivity index (χ4v) is 2.45. The van der Waals surface area contributed by atoms with Crippen LogP contribution < -0.4 is 5.73 Å². The van der Waals surface area contributed by atoms with E-state index in [4.69, 9.17) is 17.3 Å². The summed E-state index contributed by atoms with van der Waals surface area (Å²) in [5.74, 6) is -0.818. The number of nitrogens with two attached hydrogens (primary N) is 1. The van der Waals surface area contributed by atoms with Crippen LogP contribution >= 0.6 is 11.6 Å². The molecule has 1 aromatic carbocycles. The summed E-state index contributed by atoms with van der Waals surface area (Å²) in [4.78, 5) is -0.165. The van der Waals surface area contributed by atoms with Gasteiger partial charge in [-0.15, -0.1) is 0 Å². The van der Waals surface area contributed by atoms with Gasteiger partial charge >= 0.3 is 0 Å². The molecule has 0 bridgehead atoms. The predicted molar refractivity (Wildman–Crippen MR) is 66.1 cm³/mol. The van der Waals surface area contributed by atoms with E-state index in [0.717, 1.165) is 17.1 Å². The largest absolute Gasteiger partial charge is 0.382 e. The zero-order valence-corrected chi connectivity index (χ0v) is 10.8. The average molecular weight is 290 g/mol. The first-order chi connectivity index (χ1) is 8.32. The fraction of sp³-hybridized carbons (Fsp3) is 0.100. The first kappa shape index (κ1) is 12.8. The summed E-state index contributed by atoms with van der Waals surface area (Å²) in [6.07, 6.45) is 2.06. The molecule has 5 nitrogen and oxygen atoms in total. The predicted octanol–water partition coefficient (Wildman–Crippen LogP) is 1.65. The Morgan fingerprint density at radius 2 is 2.11 bits per heavy atom. The number of nitrogen functional groups attached to an aromatic ring is 1. The smallest absolute Gasteiger partial charge is 0.180 e. The van der Waals surface area contributed by atoms with Crippen LogP contribution in [0.2, 0.25) is 5.02 Å². The highest BCUT2D eigenvalue weighted by molar-refractivity contribution is 7.90. The lowest BCUT2D eigenvalue weighted by molar-refractivity contribution is 0.601. The van der Waals surface area contributed by atoms with Crippen LogP contribution in [0.25, 0.3) is 5.69 Å². The van der Waals surface area contributed by atoms with Crippen molar-refractivity contribution in [1.82, 2.24) is 9.78 Å². The van der Waals surface area contributed by atoms with Crippen LogP contribution in [0.1, 0.15) is 0 Å². The monoisotopic (exact) mass is 289 g/mol. The molecule has 2 aromatic rings. The SMILES string of the molecule is CS(=O)(=O)c1cnn(-c2c(F)cccc2Cl)c1N. The summed E-state index contributed by atoms with van der Waals surface area (Å²) < 4.78 is 37.5. The van der Waals surface area contributed by atoms with Gasteiger partial charge in [-0.3, -0.25) is 0 Å². The number of hydrogen-bond acceptors (Lipinski definition) is 4. The molecule has 1 aromatic heterocycles. The van der Waals surface area contributed by atoms with Gasteiger partial charge in [-0.25, -0.2) is 17.5 Å². The zero-order chi connectivity index (χ0) is 13.5. The summed E-state index contributed by atoms with van der Waals surface area (Å²) in [6.45, 7) is 0. The molecule has 18 heavy (non-hydrogen) atoms. The molecule has 8 heteroatoms. The molecule has 0 amide bonds. The maximum Gasteiger partial charge on any atom is 0.180 e. The van der Waals surface area contributed by atoms with Crippen LogP contribution in [-0.2, 0) is 9.84 Å². The van der Waals surface area contributed by atoms with Gasteiger partial charge in [-0.1, -0.05) is 17.7 Å². The number of hydrogen-bond donors (Lipinski definition) is 1. The summed E-state index contributed by atoms with van der Waals surface area (Å²) in [6, 6.07) is 4.07. The molecule has 2 rings (SSSR count). The molecule has 0 aliphatic heterocycles. The van der Waals surface area contributed by atoms with E-state index in [1.54, 1.807) is 0 Å². The lowest BCUT2D eigenvalue weighted by Gasteiger charge is -2.07. The molecule has 0 aliphatic carbocycles. The third-order valence-corrected chi connectivity index (χ3v) is 3.74. The number of anilines is 1. The van der Waals surface area contributed by atoms with Crippen molar-refractivity contribution in [3.8, 4) is 5.69 Å². The van der Waals surface area contributed by atoms with Crippen molar-refractivity contribution in [2.75, 3.05) is 12.0 Å². The number of aromatic nitrogens is 2. The van der Waals surface area contributed by atoms with Gasteiger partial charge in [0, 0.05) is 6.26 Å². The van der Waals surface area contributed by atoms with Gasteiger partial charge in [-0.05, 0) is 12.1 Å². The Balaban J connectivity index is 2.71. The Morgan fingerprint density at radius 3 is 2.61 bits per heavy atom. The second kappa shape index (κ2) is 4.25. The lowest BCUT2D eigenvalue weighted by atomic mass is 10.3. The van der Waals surface area contributed by atoms with E-state index in [1.165, 1.54) is 18.2 Å². The van der Waals surface area contributed by atoms with Crippen LogP contribution in [-0.4, -0.2) is 24.5 Å². The Labute approximate surface area is 108 Å². The Hall–Kier alpha value is -1.60. The molecular weight excluding hydrogens is 281 g/mol. The van der Waals surface area contributed by atoms with Gasteiger partial charge in [0.1, 0.15) is 22.2 Å². The van der Waals surface area contributed by atoms with Crippen LogP contribution in [0.3, 0.4) is 0 Å². The lowest BCUT2D eigenvalue weighted by Crippen LogP contribution is -2.07. The van der Waals surface area contributed by atoms with Crippen molar-refractivity contribution in [3.63, 3.8) is 0 Å². The van der Waals surface area contributed by atoms with E-state index in [1.807, 2.05) is 0 Å². The third-order valence-electron chi connectivity index (χ3n) is 2.32. The second-order valence-electron chi connectivity index (χ2n) is 3.65. The maximum absolute atomic E-state index is 13.7. The maximum atomic E-state index is 13.7. The quantitative estimate of drug-likeness (QED) is 0.912. The number of benzene rings is 1. The summed E-state index contributed by atoms with van der Waals surface area (Å²) in [5, 5.41) is 3.85. The van der Waals surface area contributed by atoms with Crippen molar-refractivity contribution in [3.05, 3.63) is 35.2 Å². The standard InChI is InChI=1S/C10H9ClFN3O2S/c1-18(16,17)8-5-14-15(10(8)13)9-6(11)3-2-4-7(9)12/h2-5H,13H2,1H3. The topological polar surface area (TPSA) is 78.0 Å². The molecule has 2 N–H and O–H groups in total. The Kier molecular flexibility index (Phi) is 3.04. The normalized spacial score (nSPS) is 11.7. The van der Waals surface area contributed by atoms with E-state index < -0.39 is 15.7 Å². The van der Waals surface area contributed by atoms with E-state index in [0.29, 0.717) is 0 Å². The van der Waals surface area contributed by atoms with Gasteiger partial charge in [0.15, 0.2) is 9.84 Å². The number of rotatable bonds is 2. The van der Waals surface area contributed by atoms with Gasteiger partial charge in [0.05, 0.1) is 11.2 Å². The molecule has 0 radical (unpaired) electrons. The van der Waals surface area contributed by atoms with E-state index in [9.17, 15) is 12.8 Å². The van der Waals surface area contributed by atoms with Gasteiger partial charge in [-0.2, -0.15) is 5.10 Å². The summed E-state index contributed by atoms with van der Waals surface area (Å²) >= 11 is 5.85. The average Bonchev–Trinajstić information content (AvgIpc) is 2.60. The number of halogens is 2. The Morgan fingerprint density at radius 1 is 1.44 bits per heavy atom. The summed E-state index contributed by atoms with van der Waals surface area (Å²) in [7, 11) is -3.52. The molecular formula is C10H9ClFN3O2S. The van der Waals surface area contributed by atoms with Crippen molar-refractivity contribution in [2.24, 2.45) is 0 Å². The van der Waals surface area contributed by atoms with Crippen molar-refractivity contribution in [2.45, 2.75) is 4.90 Å². The molecule has 0 saturated heterocycles. The number of sulfone groups is 1. The molecule has 96 valence electrons. The van der Waals surface area contributed by atoms with Gasteiger partial charge in [0.25, 0.3) is 0 Å². The highest BCUT2D eigenvalue weighted by atomic mass is 35.5. The number of para-hydroxylation sites is 1. The molecule has 0 atom stereocenters. The van der Waals surface area contributed by atoms with Crippen LogP contribution in [0.4, 0.5) is 10.2 Å². The molecule has 0 unspecified atom stereocenters. The van der Waals surface area contributed by atoms with Crippen molar-refractivity contribution < 1.29 is 12.8 Å². The molecule has 0 saturated carbocycles. The zero-order valence-electron chi connectivity index (χ0n) is 9.26.